The van der Waals surface area contributed by atoms with Gasteiger partial charge in [-0.3, -0.25) is 4.68 Å². The number of hydrogen-bond acceptors (Lipinski definition) is 3. The molecule has 0 unspecified atom stereocenters. The van der Waals surface area contributed by atoms with Crippen molar-refractivity contribution in [3.05, 3.63) is 24.0 Å². The van der Waals surface area contributed by atoms with Crippen LogP contribution in [-0.4, -0.2) is 22.9 Å². The van der Waals surface area contributed by atoms with Crippen LogP contribution in [-0.2, 0) is 7.05 Å². The molecule has 0 aliphatic rings. The van der Waals surface area contributed by atoms with Gasteiger partial charge in [-0.05, 0) is 18.2 Å². The van der Waals surface area contributed by atoms with E-state index < -0.39 is 0 Å². The van der Waals surface area contributed by atoms with E-state index in [-0.39, 0.29) is 5.82 Å². The fraction of sp³-hybridized carbons (Fsp3) is 0.300. The van der Waals surface area contributed by atoms with E-state index in [0.29, 0.717) is 13.1 Å². The molecule has 0 saturated heterocycles. The van der Waals surface area contributed by atoms with Crippen molar-refractivity contribution in [1.82, 2.24) is 9.78 Å². The minimum absolute atomic E-state index is 0.254. The van der Waals surface area contributed by atoms with Crippen molar-refractivity contribution < 1.29 is 4.39 Å². The topological polar surface area (TPSA) is 55.9 Å². The average Bonchev–Trinajstić information content (AvgIpc) is 2.53. The van der Waals surface area contributed by atoms with Crippen LogP contribution in [0.2, 0.25) is 0 Å². The van der Waals surface area contributed by atoms with Crippen molar-refractivity contribution >= 4 is 16.7 Å². The molecule has 0 aliphatic heterocycles. The van der Waals surface area contributed by atoms with Gasteiger partial charge in [0, 0.05) is 25.5 Å². The molecular formula is C10H13FN4. The van der Waals surface area contributed by atoms with Gasteiger partial charge in [0.15, 0.2) is 5.82 Å². The fourth-order valence-corrected chi connectivity index (χ4v) is 1.55. The number of aromatic nitrogens is 2. The number of nitrogens with one attached hydrogen (secondary N) is 1. The van der Waals surface area contributed by atoms with Crippen molar-refractivity contribution in [2.75, 3.05) is 18.4 Å². The minimum Gasteiger partial charge on any atom is -0.367 e. The van der Waals surface area contributed by atoms with E-state index in [2.05, 4.69) is 10.4 Å². The van der Waals surface area contributed by atoms with Gasteiger partial charge in [0.05, 0.1) is 5.52 Å². The zero-order chi connectivity index (χ0) is 10.8. The van der Waals surface area contributed by atoms with Crippen LogP contribution >= 0.6 is 0 Å². The van der Waals surface area contributed by atoms with Gasteiger partial charge in [-0.1, -0.05) is 0 Å². The molecular weight excluding hydrogens is 195 g/mol. The van der Waals surface area contributed by atoms with Gasteiger partial charge in [0.2, 0.25) is 0 Å². The van der Waals surface area contributed by atoms with E-state index in [0.717, 1.165) is 16.7 Å². The van der Waals surface area contributed by atoms with Crippen molar-refractivity contribution in [3.8, 4) is 0 Å². The van der Waals surface area contributed by atoms with Crippen molar-refractivity contribution in [2.24, 2.45) is 12.8 Å². The molecule has 15 heavy (non-hydrogen) atoms. The maximum Gasteiger partial charge on any atom is 0.156 e. The van der Waals surface area contributed by atoms with Crippen LogP contribution < -0.4 is 11.1 Å². The molecule has 0 aliphatic carbocycles. The Hall–Kier alpha value is -1.62. The third kappa shape index (κ3) is 1.78. The molecule has 0 fully saturated rings. The number of nitrogens with two attached hydrogens (primary N) is 1. The van der Waals surface area contributed by atoms with Crippen LogP contribution in [0.1, 0.15) is 0 Å². The minimum atomic E-state index is -0.254. The first-order valence-electron chi connectivity index (χ1n) is 4.78. The lowest BCUT2D eigenvalue weighted by molar-refractivity contribution is 0.628. The van der Waals surface area contributed by atoms with Crippen molar-refractivity contribution in [1.29, 1.82) is 0 Å². The molecule has 0 bridgehead atoms. The molecule has 0 atom stereocenters. The van der Waals surface area contributed by atoms with Gasteiger partial charge < -0.3 is 11.1 Å². The zero-order valence-electron chi connectivity index (χ0n) is 8.50. The second-order valence-electron chi connectivity index (χ2n) is 3.35. The Kier molecular flexibility index (Phi) is 2.55. The van der Waals surface area contributed by atoms with E-state index in [1.165, 1.54) is 12.1 Å². The van der Waals surface area contributed by atoms with Crippen molar-refractivity contribution in [3.63, 3.8) is 0 Å². The summed E-state index contributed by atoms with van der Waals surface area (Å²) in [6, 6.07) is 4.62. The third-order valence-electron chi connectivity index (χ3n) is 2.25. The van der Waals surface area contributed by atoms with Crippen LogP contribution in [0.25, 0.3) is 10.9 Å². The molecule has 5 heteroatoms. The first-order chi connectivity index (χ1) is 7.22. The highest BCUT2D eigenvalue weighted by Gasteiger charge is 2.07. The number of hydrogen-bond donors (Lipinski definition) is 2. The molecule has 0 radical (unpaired) electrons. The summed E-state index contributed by atoms with van der Waals surface area (Å²) in [6.07, 6.45) is 0. The van der Waals surface area contributed by atoms with Crippen molar-refractivity contribution in [2.45, 2.75) is 0 Å². The molecule has 3 N–H and O–H groups in total. The Morgan fingerprint density at radius 1 is 1.53 bits per heavy atom. The largest absolute Gasteiger partial charge is 0.367 e. The highest BCUT2D eigenvalue weighted by molar-refractivity contribution is 5.90. The lowest BCUT2D eigenvalue weighted by Crippen LogP contribution is -2.13. The van der Waals surface area contributed by atoms with Gasteiger partial charge in [-0.15, -0.1) is 0 Å². The summed E-state index contributed by atoms with van der Waals surface area (Å²) in [5, 5.41) is 8.26. The Balaban J connectivity index is 2.48. The van der Waals surface area contributed by atoms with E-state index in [4.69, 9.17) is 5.73 Å². The molecule has 2 rings (SSSR count). The molecule has 4 nitrogen and oxygen atoms in total. The number of rotatable bonds is 3. The summed E-state index contributed by atoms with van der Waals surface area (Å²) in [6.45, 7) is 1.20. The second-order valence-corrected chi connectivity index (χ2v) is 3.35. The normalized spacial score (nSPS) is 10.9. The van der Waals surface area contributed by atoms with Crippen LogP contribution in [0.15, 0.2) is 18.2 Å². The Morgan fingerprint density at radius 3 is 3.07 bits per heavy atom. The molecule has 2 aromatic rings. The predicted octanol–water partition coefficient (Wildman–Crippen LogP) is 1.08. The Labute approximate surface area is 86.9 Å². The summed E-state index contributed by atoms with van der Waals surface area (Å²) >= 11 is 0. The van der Waals surface area contributed by atoms with E-state index >= 15 is 0 Å². The fourth-order valence-electron chi connectivity index (χ4n) is 1.55. The highest BCUT2D eigenvalue weighted by atomic mass is 19.1. The van der Waals surface area contributed by atoms with Gasteiger partial charge >= 0.3 is 0 Å². The average molecular weight is 208 g/mol. The van der Waals surface area contributed by atoms with Crippen LogP contribution in [0.3, 0.4) is 0 Å². The lowest BCUT2D eigenvalue weighted by Gasteiger charge is -1.99. The Morgan fingerprint density at radius 2 is 2.33 bits per heavy atom. The molecule has 1 heterocycles. The van der Waals surface area contributed by atoms with Crippen LogP contribution in [0, 0.1) is 5.82 Å². The number of fused-ring (bicyclic) bond motifs is 1. The number of halogens is 1. The first-order valence-corrected chi connectivity index (χ1v) is 4.78. The molecule has 1 aromatic carbocycles. The quantitative estimate of drug-likeness (QED) is 0.793. The molecule has 1 aromatic heterocycles. The van der Waals surface area contributed by atoms with E-state index in [1.54, 1.807) is 17.8 Å². The molecule has 0 amide bonds. The monoisotopic (exact) mass is 208 g/mol. The SMILES string of the molecule is Cn1nc(NCCN)c2ccc(F)cc21. The number of nitrogens with zero attached hydrogens (tertiary/aromatic N) is 2. The van der Waals surface area contributed by atoms with Gasteiger partial charge in [-0.2, -0.15) is 5.10 Å². The summed E-state index contributed by atoms with van der Waals surface area (Å²) in [7, 11) is 1.79. The number of anilines is 1. The highest BCUT2D eigenvalue weighted by Crippen LogP contribution is 2.22. The second kappa shape index (κ2) is 3.86. The summed E-state index contributed by atoms with van der Waals surface area (Å²) in [4.78, 5) is 0. The molecule has 0 spiro atoms. The number of benzene rings is 1. The van der Waals surface area contributed by atoms with Gasteiger partial charge in [-0.25, -0.2) is 4.39 Å². The first kappa shape index (κ1) is 9.92. The maximum atomic E-state index is 13.0. The van der Waals surface area contributed by atoms with E-state index in [9.17, 15) is 4.39 Å². The zero-order valence-corrected chi connectivity index (χ0v) is 8.50. The van der Waals surface area contributed by atoms with E-state index in [1.807, 2.05) is 0 Å². The van der Waals surface area contributed by atoms with Gasteiger partial charge in [0.1, 0.15) is 5.82 Å². The third-order valence-corrected chi connectivity index (χ3v) is 2.25. The van der Waals surface area contributed by atoms with Crippen LogP contribution in [0.4, 0.5) is 10.2 Å². The smallest absolute Gasteiger partial charge is 0.156 e. The summed E-state index contributed by atoms with van der Waals surface area (Å²) in [5.74, 6) is 0.494. The van der Waals surface area contributed by atoms with Gasteiger partial charge in [0.25, 0.3) is 0 Å². The standard InChI is InChI=1S/C10H13FN4/c1-15-9-6-7(11)2-3-8(9)10(14-15)13-5-4-12/h2-3,6H,4-5,12H2,1H3,(H,13,14). The van der Waals surface area contributed by atoms with Crippen LogP contribution in [0.5, 0.6) is 0 Å². The Bertz CT molecular complexity index is 477. The lowest BCUT2D eigenvalue weighted by atomic mass is 10.2. The molecule has 80 valence electrons. The maximum absolute atomic E-state index is 13.0. The number of aryl methyl sites for hydroxylation is 1. The molecule has 0 saturated carbocycles. The predicted molar refractivity (Wildman–Crippen MR) is 58.2 cm³/mol. The summed E-state index contributed by atoms with van der Waals surface area (Å²) in [5.41, 5.74) is 6.17. The summed E-state index contributed by atoms with van der Waals surface area (Å²) < 4.78 is 14.6.